The standard InChI is InChI=1S/C27H33N5O/c1-28-27(29-19-21-8-6-9-23(18-21)30-14-4-5-15-30)32-20-22(24-10-2-3-11-25(24)32)13-17-31-16-7-12-26(31)33/h2-6,8-11,18,22H,7,12-17,19-20H2,1H3,(H,28,29). The highest BCUT2D eigenvalue weighted by Crippen LogP contribution is 2.38. The molecular formula is C27H33N5O. The molecule has 6 heteroatoms. The molecule has 33 heavy (non-hydrogen) atoms. The van der Waals surface area contributed by atoms with Crippen LogP contribution >= 0.6 is 0 Å². The van der Waals surface area contributed by atoms with Gasteiger partial charge in [0.2, 0.25) is 5.91 Å². The third kappa shape index (κ3) is 4.61. The molecule has 0 saturated carbocycles. The zero-order chi connectivity index (χ0) is 22.6. The lowest BCUT2D eigenvalue weighted by Gasteiger charge is -2.24. The minimum Gasteiger partial charge on any atom is -0.364 e. The summed E-state index contributed by atoms with van der Waals surface area (Å²) in [5.74, 6) is 1.61. The smallest absolute Gasteiger partial charge is 0.222 e. The molecule has 1 saturated heterocycles. The summed E-state index contributed by atoms with van der Waals surface area (Å²) < 4.78 is 0. The highest BCUT2D eigenvalue weighted by atomic mass is 16.2. The largest absolute Gasteiger partial charge is 0.364 e. The number of carbonyl (C=O) groups is 1. The Morgan fingerprint density at radius 3 is 2.76 bits per heavy atom. The van der Waals surface area contributed by atoms with Crippen molar-refractivity contribution in [3.05, 3.63) is 71.8 Å². The predicted octanol–water partition coefficient (Wildman–Crippen LogP) is 3.75. The highest BCUT2D eigenvalue weighted by molar-refractivity contribution is 5.98. The van der Waals surface area contributed by atoms with Crippen LogP contribution < -0.4 is 15.1 Å². The van der Waals surface area contributed by atoms with Crippen LogP contribution in [0.1, 0.15) is 36.3 Å². The second-order valence-electron chi connectivity index (χ2n) is 9.09. The van der Waals surface area contributed by atoms with Gasteiger partial charge < -0.3 is 20.0 Å². The number of para-hydroxylation sites is 1. The van der Waals surface area contributed by atoms with Gasteiger partial charge in [0, 0.05) is 70.0 Å². The minimum atomic E-state index is 0.308. The summed E-state index contributed by atoms with van der Waals surface area (Å²) in [5.41, 5.74) is 5.09. The van der Waals surface area contributed by atoms with Crippen LogP contribution in [0.25, 0.3) is 0 Å². The Balaban J connectivity index is 1.25. The Hall–Kier alpha value is -3.28. The Morgan fingerprint density at radius 1 is 1.12 bits per heavy atom. The fourth-order valence-corrected chi connectivity index (χ4v) is 5.22. The number of likely N-dealkylation sites (tertiary alicyclic amines) is 1. The highest BCUT2D eigenvalue weighted by Gasteiger charge is 2.32. The molecule has 3 aliphatic heterocycles. The first-order valence-corrected chi connectivity index (χ1v) is 12.1. The van der Waals surface area contributed by atoms with Crippen LogP contribution in [0.3, 0.4) is 0 Å². The van der Waals surface area contributed by atoms with E-state index < -0.39 is 0 Å². The Labute approximate surface area is 196 Å². The minimum absolute atomic E-state index is 0.308. The van der Waals surface area contributed by atoms with E-state index in [2.05, 4.69) is 80.8 Å². The van der Waals surface area contributed by atoms with Crippen LogP contribution in [0.4, 0.5) is 11.4 Å². The molecule has 0 aromatic heterocycles. The third-order valence-corrected chi connectivity index (χ3v) is 7.00. The lowest BCUT2D eigenvalue weighted by molar-refractivity contribution is -0.127. The Morgan fingerprint density at radius 2 is 1.97 bits per heavy atom. The zero-order valence-corrected chi connectivity index (χ0v) is 19.4. The number of fused-ring (bicyclic) bond motifs is 1. The monoisotopic (exact) mass is 443 g/mol. The number of carbonyl (C=O) groups excluding carboxylic acids is 1. The van der Waals surface area contributed by atoms with E-state index in [1.165, 1.54) is 22.5 Å². The molecule has 172 valence electrons. The second kappa shape index (κ2) is 9.69. The molecule has 3 aliphatic rings. The molecule has 5 rings (SSSR count). The summed E-state index contributed by atoms with van der Waals surface area (Å²) in [6.07, 6.45) is 7.13. The summed E-state index contributed by atoms with van der Waals surface area (Å²) in [5, 5.41) is 3.59. The van der Waals surface area contributed by atoms with Crippen LogP contribution in [-0.4, -0.2) is 56.5 Å². The van der Waals surface area contributed by atoms with Gasteiger partial charge in [-0.2, -0.15) is 0 Å². The van der Waals surface area contributed by atoms with Gasteiger partial charge in [-0.25, -0.2) is 0 Å². The van der Waals surface area contributed by atoms with Gasteiger partial charge in [0.1, 0.15) is 0 Å². The summed E-state index contributed by atoms with van der Waals surface area (Å²) in [4.78, 5) is 23.4. The number of hydrogen-bond donors (Lipinski definition) is 1. The van der Waals surface area contributed by atoms with Crippen molar-refractivity contribution in [2.75, 3.05) is 49.6 Å². The van der Waals surface area contributed by atoms with E-state index in [0.717, 1.165) is 58.1 Å². The lowest BCUT2D eigenvalue weighted by Crippen LogP contribution is -2.40. The Kier molecular flexibility index (Phi) is 6.33. The molecule has 1 unspecified atom stereocenters. The van der Waals surface area contributed by atoms with Crippen molar-refractivity contribution in [3.8, 4) is 0 Å². The summed E-state index contributed by atoms with van der Waals surface area (Å²) >= 11 is 0. The first kappa shape index (κ1) is 21.6. The van der Waals surface area contributed by atoms with Gasteiger partial charge in [-0.3, -0.25) is 9.79 Å². The number of rotatable bonds is 6. The number of benzene rings is 2. The number of hydrogen-bond acceptors (Lipinski definition) is 3. The maximum absolute atomic E-state index is 12.1. The third-order valence-electron chi connectivity index (χ3n) is 7.00. The molecule has 2 aromatic carbocycles. The molecule has 1 amide bonds. The maximum Gasteiger partial charge on any atom is 0.222 e. The average Bonchev–Trinajstić information content (AvgIpc) is 3.60. The fraction of sp³-hybridized carbons (Fsp3) is 0.407. The van der Waals surface area contributed by atoms with Gasteiger partial charge in [0.05, 0.1) is 0 Å². The molecule has 3 heterocycles. The lowest BCUT2D eigenvalue weighted by atomic mass is 9.98. The molecule has 0 aliphatic carbocycles. The Bertz CT molecular complexity index is 1050. The van der Waals surface area contributed by atoms with Crippen LogP contribution in [-0.2, 0) is 11.3 Å². The van der Waals surface area contributed by atoms with Gasteiger partial charge >= 0.3 is 0 Å². The first-order chi connectivity index (χ1) is 16.2. The van der Waals surface area contributed by atoms with Crippen LogP contribution in [0.2, 0.25) is 0 Å². The maximum atomic E-state index is 12.1. The van der Waals surface area contributed by atoms with Crippen molar-refractivity contribution in [1.29, 1.82) is 0 Å². The average molecular weight is 444 g/mol. The molecule has 1 fully saturated rings. The van der Waals surface area contributed by atoms with Crippen molar-refractivity contribution in [2.24, 2.45) is 4.99 Å². The van der Waals surface area contributed by atoms with E-state index in [0.29, 0.717) is 18.2 Å². The van der Waals surface area contributed by atoms with Gasteiger partial charge in [0.25, 0.3) is 0 Å². The van der Waals surface area contributed by atoms with Gasteiger partial charge in [0.15, 0.2) is 5.96 Å². The van der Waals surface area contributed by atoms with E-state index in [1.807, 2.05) is 11.9 Å². The summed E-state index contributed by atoms with van der Waals surface area (Å²) in [7, 11) is 1.85. The van der Waals surface area contributed by atoms with E-state index in [9.17, 15) is 4.79 Å². The quantitative estimate of drug-likeness (QED) is 0.420. The van der Waals surface area contributed by atoms with Gasteiger partial charge in [-0.15, -0.1) is 0 Å². The number of amides is 1. The van der Waals surface area contributed by atoms with Crippen molar-refractivity contribution < 1.29 is 4.79 Å². The zero-order valence-electron chi connectivity index (χ0n) is 19.4. The molecule has 6 nitrogen and oxygen atoms in total. The van der Waals surface area contributed by atoms with Crippen LogP contribution in [0.5, 0.6) is 0 Å². The molecule has 1 N–H and O–H groups in total. The van der Waals surface area contributed by atoms with Crippen LogP contribution in [0, 0.1) is 0 Å². The van der Waals surface area contributed by atoms with E-state index in [1.54, 1.807) is 0 Å². The van der Waals surface area contributed by atoms with E-state index in [4.69, 9.17) is 0 Å². The number of nitrogens with zero attached hydrogens (tertiary/aromatic N) is 4. The van der Waals surface area contributed by atoms with E-state index in [-0.39, 0.29) is 0 Å². The topological polar surface area (TPSA) is 51.2 Å². The molecule has 0 bridgehead atoms. The molecular weight excluding hydrogens is 410 g/mol. The number of anilines is 2. The molecule has 2 aromatic rings. The van der Waals surface area contributed by atoms with Crippen molar-refractivity contribution >= 4 is 23.2 Å². The van der Waals surface area contributed by atoms with Crippen molar-refractivity contribution in [1.82, 2.24) is 10.2 Å². The number of guanidine groups is 1. The fourth-order valence-electron chi connectivity index (χ4n) is 5.22. The summed E-state index contributed by atoms with van der Waals surface area (Å²) in [6.45, 7) is 5.33. The first-order valence-electron chi connectivity index (χ1n) is 12.1. The number of aliphatic imine (C=N–C) groups is 1. The number of nitrogens with one attached hydrogen (secondary N) is 1. The van der Waals surface area contributed by atoms with Gasteiger partial charge in [-0.1, -0.05) is 42.5 Å². The van der Waals surface area contributed by atoms with Crippen molar-refractivity contribution in [3.63, 3.8) is 0 Å². The predicted molar refractivity (Wildman–Crippen MR) is 135 cm³/mol. The van der Waals surface area contributed by atoms with E-state index >= 15 is 0 Å². The summed E-state index contributed by atoms with van der Waals surface area (Å²) in [6, 6.07) is 17.4. The molecule has 0 spiro atoms. The normalized spacial score (nSPS) is 20.2. The molecule has 0 radical (unpaired) electrons. The van der Waals surface area contributed by atoms with Crippen molar-refractivity contribution in [2.45, 2.75) is 31.7 Å². The SMILES string of the molecule is CN=C(NCc1cccc(N2CC=CC2)c1)N1CC(CCN2CCCC2=O)c2ccccc21. The molecule has 1 atom stereocenters. The van der Waals surface area contributed by atoms with Crippen LogP contribution in [0.15, 0.2) is 65.7 Å². The second-order valence-corrected chi connectivity index (χ2v) is 9.09. The van der Waals surface area contributed by atoms with Gasteiger partial charge in [-0.05, 0) is 42.2 Å².